The van der Waals surface area contributed by atoms with E-state index in [4.69, 9.17) is 0 Å². The van der Waals surface area contributed by atoms with Crippen molar-refractivity contribution in [2.24, 2.45) is 0 Å². The highest BCUT2D eigenvalue weighted by atomic mass is 32.2. The minimum absolute atomic E-state index is 0.115. The first-order valence-electron chi connectivity index (χ1n) is 6.35. The fourth-order valence-corrected chi connectivity index (χ4v) is 4.20. The van der Waals surface area contributed by atoms with Gasteiger partial charge in [0.1, 0.15) is 5.82 Å². The summed E-state index contributed by atoms with van der Waals surface area (Å²) in [7, 11) is -0.870. The van der Waals surface area contributed by atoms with E-state index in [9.17, 15) is 8.42 Å². The maximum Gasteiger partial charge on any atom is 0.153 e. The lowest BCUT2D eigenvalue weighted by atomic mass is 10.2. The van der Waals surface area contributed by atoms with Crippen LogP contribution in [-0.2, 0) is 16.4 Å². The van der Waals surface area contributed by atoms with E-state index in [0.717, 1.165) is 18.1 Å². The molecule has 1 aromatic rings. The quantitative estimate of drug-likeness (QED) is 0.851. The molecule has 0 spiro atoms. The Hall–Kier alpha value is -0.950. The van der Waals surface area contributed by atoms with Crippen LogP contribution in [0, 0.1) is 0 Å². The molecule has 0 radical (unpaired) electrons. The van der Waals surface area contributed by atoms with Crippen LogP contribution < -0.4 is 0 Å². The summed E-state index contributed by atoms with van der Waals surface area (Å²) in [6.45, 7) is 0.639. The molecular weight excluding hydrogens is 252 g/mol. The number of rotatable bonds is 4. The van der Waals surface area contributed by atoms with Crippen LogP contribution in [0.15, 0.2) is 0 Å². The topological polar surface area (TPSA) is 79.0 Å². The normalized spacial score (nSPS) is 26.9. The van der Waals surface area contributed by atoms with E-state index in [1.807, 2.05) is 7.05 Å². The molecule has 0 bridgehead atoms. The highest BCUT2D eigenvalue weighted by molar-refractivity contribution is 7.91. The van der Waals surface area contributed by atoms with E-state index < -0.39 is 9.84 Å². The van der Waals surface area contributed by atoms with Gasteiger partial charge in [-0.25, -0.2) is 13.4 Å². The molecule has 1 aliphatic carbocycles. The highest BCUT2D eigenvalue weighted by Crippen LogP contribution is 2.37. The number of aromatic amines is 1. The number of nitrogens with zero attached hydrogens (tertiary/aromatic N) is 3. The summed E-state index contributed by atoms with van der Waals surface area (Å²) < 4.78 is 22.9. The van der Waals surface area contributed by atoms with Crippen LogP contribution in [0.3, 0.4) is 0 Å². The zero-order chi connectivity index (χ0) is 12.8. The zero-order valence-corrected chi connectivity index (χ0v) is 11.3. The van der Waals surface area contributed by atoms with Gasteiger partial charge in [-0.3, -0.25) is 10.00 Å². The lowest BCUT2D eigenvalue weighted by molar-refractivity contribution is 0.248. The van der Waals surface area contributed by atoms with Crippen molar-refractivity contribution in [2.75, 3.05) is 18.6 Å². The smallest absolute Gasteiger partial charge is 0.153 e. The average Bonchev–Trinajstić information content (AvgIpc) is 2.95. The van der Waals surface area contributed by atoms with Crippen LogP contribution in [0.4, 0.5) is 0 Å². The van der Waals surface area contributed by atoms with Crippen molar-refractivity contribution in [2.45, 2.75) is 37.8 Å². The van der Waals surface area contributed by atoms with Gasteiger partial charge in [-0.1, -0.05) is 0 Å². The van der Waals surface area contributed by atoms with Gasteiger partial charge in [0.15, 0.2) is 15.7 Å². The Balaban J connectivity index is 1.61. The van der Waals surface area contributed by atoms with Crippen molar-refractivity contribution in [3.63, 3.8) is 0 Å². The van der Waals surface area contributed by atoms with Gasteiger partial charge >= 0.3 is 0 Å². The third-order valence-corrected chi connectivity index (χ3v) is 5.47. The summed E-state index contributed by atoms with van der Waals surface area (Å²) in [5.41, 5.74) is 0. The van der Waals surface area contributed by atoms with Crippen molar-refractivity contribution >= 4 is 9.84 Å². The summed E-state index contributed by atoms with van der Waals surface area (Å²) in [4.78, 5) is 6.52. The summed E-state index contributed by atoms with van der Waals surface area (Å²) in [6.07, 6.45) is 3.10. The molecule has 7 heteroatoms. The molecule has 1 N–H and O–H groups in total. The predicted molar refractivity (Wildman–Crippen MR) is 66.9 cm³/mol. The Labute approximate surface area is 107 Å². The van der Waals surface area contributed by atoms with Crippen molar-refractivity contribution < 1.29 is 8.42 Å². The van der Waals surface area contributed by atoms with E-state index in [1.165, 1.54) is 12.8 Å². The molecule has 6 nitrogen and oxygen atoms in total. The fourth-order valence-electron chi connectivity index (χ4n) is 2.39. The molecule has 1 aliphatic heterocycles. The number of aromatic nitrogens is 3. The third-order valence-electron chi connectivity index (χ3n) is 3.72. The van der Waals surface area contributed by atoms with Crippen molar-refractivity contribution in [3.8, 4) is 0 Å². The van der Waals surface area contributed by atoms with Crippen LogP contribution in [0.5, 0.6) is 0 Å². The highest BCUT2D eigenvalue weighted by Gasteiger charge is 2.31. The van der Waals surface area contributed by atoms with E-state index >= 15 is 0 Å². The maximum atomic E-state index is 11.4. The Bertz CT molecular complexity index is 535. The fraction of sp³-hybridized carbons (Fsp3) is 0.818. The number of hydrogen-bond acceptors (Lipinski definition) is 5. The largest absolute Gasteiger partial charge is 0.295 e. The van der Waals surface area contributed by atoms with E-state index in [2.05, 4.69) is 20.1 Å². The molecule has 0 amide bonds. The first-order valence-corrected chi connectivity index (χ1v) is 8.17. The molecule has 2 aliphatic rings. The Morgan fingerprint density at radius 1 is 1.39 bits per heavy atom. The van der Waals surface area contributed by atoms with Gasteiger partial charge in [-0.15, -0.1) is 0 Å². The molecule has 1 atom stereocenters. The standard InChI is InChI=1S/C11H18N4O2S/c1-15(9-4-5-18(16,17)7-9)6-10-12-11(14-13-10)8-2-3-8/h8-9H,2-7H2,1H3,(H,12,13,14). The average molecular weight is 270 g/mol. The number of hydrogen-bond donors (Lipinski definition) is 1. The molecule has 1 saturated heterocycles. The SMILES string of the molecule is CN(Cc1nc(C2CC2)n[nH]1)C1CCS(=O)(=O)C1. The van der Waals surface area contributed by atoms with Gasteiger partial charge in [0.2, 0.25) is 0 Å². The second kappa shape index (κ2) is 4.31. The van der Waals surface area contributed by atoms with Gasteiger partial charge in [-0.2, -0.15) is 5.10 Å². The summed E-state index contributed by atoms with van der Waals surface area (Å²) in [6, 6.07) is 0.115. The van der Waals surface area contributed by atoms with E-state index in [0.29, 0.717) is 18.2 Å². The first kappa shape index (κ1) is 12.1. The Morgan fingerprint density at radius 3 is 2.78 bits per heavy atom. The molecule has 1 saturated carbocycles. The number of nitrogens with one attached hydrogen (secondary N) is 1. The lowest BCUT2D eigenvalue weighted by Gasteiger charge is -2.21. The zero-order valence-electron chi connectivity index (χ0n) is 10.5. The second-order valence-corrected chi connectivity index (χ2v) is 7.62. The third kappa shape index (κ3) is 2.56. The van der Waals surface area contributed by atoms with Gasteiger partial charge in [0.25, 0.3) is 0 Å². The molecule has 2 heterocycles. The van der Waals surface area contributed by atoms with Crippen molar-refractivity contribution in [1.82, 2.24) is 20.1 Å². The lowest BCUT2D eigenvalue weighted by Crippen LogP contribution is -2.32. The maximum absolute atomic E-state index is 11.4. The summed E-state index contributed by atoms with van der Waals surface area (Å²) in [5, 5.41) is 7.16. The number of H-pyrrole nitrogens is 1. The summed E-state index contributed by atoms with van der Waals surface area (Å²) in [5.74, 6) is 2.88. The monoisotopic (exact) mass is 270 g/mol. The van der Waals surface area contributed by atoms with Crippen LogP contribution >= 0.6 is 0 Å². The van der Waals surface area contributed by atoms with E-state index in [1.54, 1.807) is 0 Å². The second-order valence-electron chi connectivity index (χ2n) is 5.39. The summed E-state index contributed by atoms with van der Waals surface area (Å²) >= 11 is 0. The van der Waals surface area contributed by atoms with Crippen molar-refractivity contribution in [1.29, 1.82) is 0 Å². The molecule has 100 valence electrons. The molecule has 3 rings (SSSR count). The minimum Gasteiger partial charge on any atom is -0.295 e. The first-order chi connectivity index (χ1) is 8.53. The Morgan fingerprint density at radius 2 is 2.17 bits per heavy atom. The number of sulfone groups is 1. The molecule has 0 aromatic carbocycles. The molecular formula is C11H18N4O2S. The van der Waals surface area contributed by atoms with Gasteiger partial charge in [-0.05, 0) is 26.3 Å². The van der Waals surface area contributed by atoms with Crippen LogP contribution in [0.1, 0.15) is 36.8 Å². The predicted octanol–water partition coefficient (Wildman–Crippen LogP) is 0.301. The molecule has 18 heavy (non-hydrogen) atoms. The minimum atomic E-state index is -2.82. The Kier molecular flexibility index (Phi) is 2.90. The van der Waals surface area contributed by atoms with Gasteiger partial charge in [0, 0.05) is 12.0 Å². The molecule has 1 unspecified atom stereocenters. The molecule has 2 fully saturated rings. The van der Waals surface area contributed by atoms with E-state index in [-0.39, 0.29) is 11.8 Å². The van der Waals surface area contributed by atoms with Gasteiger partial charge in [0.05, 0.1) is 18.1 Å². The van der Waals surface area contributed by atoms with Crippen LogP contribution in [-0.4, -0.2) is 53.1 Å². The molecule has 1 aromatic heterocycles. The van der Waals surface area contributed by atoms with Crippen LogP contribution in [0.25, 0.3) is 0 Å². The van der Waals surface area contributed by atoms with Crippen molar-refractivity contribution in [3.05, 3.63) is 11.6 Å². The van der Waals surface area contributed by atoms with Crippen LogP contribution in [0.2, 0.25) is 0 Å². The van der Waals surface area contributed by atoms with Gasteiger partial charge < -0.3 is 0 Å².